The second-order valence-corrected chi connectivity index (χ2v) is 5.99. The first kappa shape index (κ1) is 14.0. The Hall–Kier alpha value is -1.91. The summed E-state index contributed by atoms with van der Waals surface area (Å²) in [4.78, 5) is 0. The number of hydrogen-bond donors (Lipinski definition) is 1. The molecule has 0 radical (unpaired) electrons. The summed E-state index contributed by atoms with van der Waals surface area (Å²) in [7, 11) is 0. The Morgan fingerprint density at radius 3 is 2.52 bits per heavy atom. The van der Waals surface area contributed by atoms with E-state index in [2.05, 4.69) is 28.5 Å². The van der Waals surface area contributed by atoms with E-state index in [0.29, 0.717) is 6.04 Å². The third-order valence-corrected chi connectivity index (χ3v) is 4.44. The molecule has 0 unspecified atom stereocenters. The molecule has 3 rings (SSSR count). The van der Waals surface area contributed by atoms with Crippen LogP contribution >= 0.6 is 0 Å². The van der Waals surface area contributed by atoms with Crippen molar-refractivity contribution in [3.8, 4) is 11.4 Å². The van der Waals surface area contributed by atoms with Crippen molar-refractivity contribution in [1.82, 2.24) is 20.2 Å². The molecule has 1 aliphatic carbocycles. The second kappa shape index (κ2) is 6.24. The first-order chi connectivity index (χ1) is 10.3. The standard InChI is InChI=1S/C16H23N5/c1-12-8-7-11-14(17)15(12)16-18-19-20-21(16)13-9-5-3-2-4-6-10-13/h7-8,11,13H,2-6,9-10,17H2,1H3. The Morgan fingerprint density at radius 1 is 1.10 bits per heavy atom. The van der Waals surface area contributed by atoms with Crippen molar-refractivity contribution in [1.29, 1.82) is 0 Å². The average Bonchev–Trinajstić information content (AvgIpc) is 2.87. The highest BCUT2D eigenvalue weighted by atomic mass is 15.5. The molecule has 0 spiro atoms. The summed E-state index contributed by atoms with van der Waals surface area (Å²) in [5.41, 5.74) is 9.00. The van der Waals surface area contributed by atoms with E-state index in [1.165, 1.54) is 32.1 Å². The van der Waals surface area contributed by atoms with Gasteiger partial charge in [0.2, 0.25) is 0 Å². The lowest BCUT2D eigenvalue weighted by Crippen LogP contribution is -2.14. The van der Waals surface area contributed by atoms with Crippen molar-refractivity contribution in [3.05, 3.63) is 23.8 Å². The normalized spacial score (nSPS) is 17.4. The molecule has 0 amide bonds. The van der Waals surface area contributed by atoms with Gasteiger partial charge >= 0.3 is 0 Å². The summed E-state index contributed by atoms with van der Waals surface area (Å²) in [6, 6.07) is 6.34. The molecule has 1 fully saturated rings. The van der Waals surface area contributed by atoms with E-state index in [-0.39, 0.29) is 0 Å². The van der Waals surface area contributed by atoms with Crippen LogP contribution in [0, 0.1) is 6.92 Å². The van der Waals surface area contributed by atoms with E-state index in [1.54, 1.807) is 0 Å². The van der Waals surface area contributed by atoms with Crippen molar-refractivity contribution in [2.45, 2.75) is 57.9 Å². The molecule has 21 heavy (non-hydrogen) atoms. The van der Waals surface area contributed by atoms with Crippen LogP contribution in [0.4, 0.5) is 5.69 Å². The molecular weight excluding hydrogens is 262 g/mol. The summed E-state index contributed by atoms with van der Waals surface area (Å²) in [6.07, 6.45) is 8.83. The fourth-order valence-corrected chi connectivity index (χ4v) is 3.28. The lowest BCUT2D eigenvalue weighted by Gasteiger charge is -2.21. The van der Waals surface area contributed by atoms with Crippen molar-refractivity contribution >= 4 is 5.69 Å². The maximum atomic E-state index is 6.16. The van der Waals surface area contributed by atoms with Gasteiger partial charge in [-0.05, 0) is 41.8 Å². The third-order valence-electron chi connectivity index (χ3n) is 4.44. The minimum atomic E-state index is 0.398. The Bertz CT molecular complexity index is 576. The zero-order chi connectivity index (χ0) is 14.7. The average molecular weight is 285 g/mol. The quantitative estimate of drug-likeness (QED) is 0.857. The highest BCUT2D eigenvalue weighted by molar-refractivity contribution is 5.74. The molecule has 1 saturated carbocycles. The van der Waals surface area contributed by atoms with Gasteiger partial charge in [0.1, 0.15) is 0 Å². The van der Waals surface area contributed by atoms with Gasteiger partial charge in [-0.25, -0.2) is 4.68 Å². The maximum absolute atomic E-state index is 6.16. The van der Waals surface area contributed by atoms with Crippen molar-refractivity contribution in [2.75, 3.05) is 5.73 Å². The van der Waals surface area contributed by atoms with Crippen LogP contribution in [0.25, 0.3) is 11.4 Å². The first-order valence-corrected chi connectivity index (χ1v) is 7.90. The number of tetrazole rings is 1. The number of rotatable bonds is 2. The molecule has 0 saturated heterocycles. The van der Waals surface area contributed by atoms with E-state index in [1.807, 2.05) is 16.8 Å². The molecule has 0 bridgehead atoms. The lowest BCUT2D eigenvalue weighted by atomic mass is 9.96. The Balaban J connectivity index is 1.96. The summed E-state index contributed by atoms with van der Waals surface area (Å²) >= 11 is 0. The zero-order valence-electron chi connectivity index (χ0n) is 12.6. The molecule has 0 aliphatic heterocycles. The largest absolute Gasteiger partial charge is 0.398 e. The predicted molar refractivity (Wildman–Crippen MR) is 83.8 cm³/mol. The summed E-state index contributed by atoms with van der Waals surface area (Å²) < 4.78 is 2.00. The number of aromatic nitrogens is 4. The van der Waals surface area contributed by atoms with E-state index in [9.17, 15) is 0 Å². The van der Waals surface area contributed by atoms with Gasteiger partial charge in [-0.3, -0.25) is 0 Å². The first-order valence-electron chi connectivity index (χ1n) is 7.90. The van der Waals surface area contributed by atoms with Crippen LogP contribution in [0.15, 0.2) is 18.2 Å². The SMILES string of the molecule is Cc1cccc(N)c1-c1nnnn1C1CCCCCCC1. The topological polar surface area (TPSA) is 69.6 Å². The lowest BCUT2D eigenvalue weighted by molar-refractivity contribution is 0.345. The van der Waals surface area contributed by atoms with Gasteiger partial charge in [0.15, 0.2) is 5.82 Å². The number of nitrogen functional groups attached to an aromatic ring is 1. The number of nitrogens with two attached hydrogens (primary N) is 1. The van der Waals surface area contributed by atoms with Crippen LogP contribution in [0.2, 0.25) is 0 Å². The number of benzene rings is 1. The van der Waals surface area contributed by atoms with Gasteiger partial charge in [-0.2, -0.15) is 0 Å². The van der Waals surface area contributed by atoms with Crippen LogP contribution < -0.4 is 5.73 Å². The van der Waals surface area contributed by atoms with Gasteiger partial charge in [-0.1, -0.05) is 44.2 Å². The molecule has 0 atom stereocenters. The second-order valence-electron chi connectivity index (χ2n) is 5.99. The maximum Gasteiger partial charge on any atom is 0.184 e. The summed E-state index contributed by atoms with van der Waals surface area (Å²) in [6.45, 7) is 2.06. The van der Waals surface area contributed by atoms with E-state index < -0.39 is 0 Å². The molecular formula is C16H23N5. The van der Waals surface area contributed by atoms with Crippen LogP contribution in [-0.2, 0) is 0 Å². The fraction of sp³-hybridized carbons (Fsp3) is 0.562. The highest BCUT2D eigenvalue weighted by Crippen LogP contribution is 2.32. The molecule has 112 valence electrons. The van der Waals surface area contributed by atoms with Gasteiger partial charge in [0.25, 0.3) is 0 Å². The van der Waals surface area contributed by atoms with Gasteiger partial charge < -0.3 is 5.73 Å². The van der Waals surface area contributed by atoms with Crippen molar-refractivity contribution < 1.29 is 0 Å². The Labute approximate surface area is 125 Å². The number of anilines is 1. The number of aryl methyl sites for hydroxylation is 1. The smallest absolute Gasteiger partial charge is 0.184 e. The van der Waals surface area contributed by atoms with Gasteiger partial charge in [0, 0.05) is 11.3 Å². The van der Waals surface area contributed by atoms with Crippen molar-refractivity contribution in [2.24, 2.45) is 0 Å². The third kappa shape index (κ3) is 2.91. The summed E-state index contributed by atoms with van der Waals surface area (Å²) in [5.74, 6) is 0.816. The number of nitrogens with zero attached hydrogens (tertiary/aromatic N) is 4. The van der Waals surface area contributed by atoms with Crippen LogP contribution in [0.3, 0.4) is 0 Å². The zero-order valence-corrected chi connectivity index (χ0v) is 12.6. The molecule has 1 aromatic carbocycles. The Morgan fingerprint density at radius 2 is 1.81 bits per heavy atom. The monoisotopic (exact) mass is 285 g/mol. The van der Waals surface area contributed by atoms with Crippen LogP contribution in [0.1, 0.15) is 56.6 Å². The molecule has 5 nitrogen and oxygen atoms in total. The minimum Gasteiger partial charge on any atom is -0.398 e. The number of hydrogen-bond acceptors (Lipinski definition) is 4. The molecule has 1 heterocycles. The minimum absolute atomic E-state index is 0.398. The van der Waals surface area contributed by atoms with Gasteiger partial charge in [0.05, 0.1) is 6.04 Å². The van der Waals surface area contributed by atoms with Crippen LogP contribution in [0.5, 0.6) is 0 Å². The molecule has 1 aliphatic rings. The van der Waals surface area contributed by atoms with Crippen molar-refractivity contribution in [3.63, 3.8) is 0 Å². The fourth-order valence-electron chi connectivity index (χ4n) is 3.28. The molecule has 2 N–H and O–H groups in total. The van der Waals surface area contributed by atoms with E-state index in [0.717, 1.165) is 35.5 Å². The summed E-state index contributed by atoms with van der Waals surface area (Å²) in [5, 5.41) is 12.4. The van der Waals surface area contributed by atoms with E-state index in [4.69, 9.17) is 5.73 Å². The highest BCUT2D eigenvalue weighted by Gasteiger charge is 2.21. The molecule has 1 aromatic heterocycles. The van der Waals surface area contributed by atoms with Crippen LogP contribution in [-0.4, -0.2) is 20.2 Å². The Kier molecular flexibility index (Phi) is 4.18. The molecule has 2 aromatic rings. The predicted octanol–water partition coefficient (Wildman–Crippen LogP) is 3.52. The molecule has 5 heteroatoms. The van der Waals surface area contributed by atoms with Gasteiger partial charge in [-0.15, -0.1) is 5.10 Å². The van der Waals surface area contributed by atoms with E-state index >= 15 is 0 Å².